The van der Waals surface area contributed by atoms with Gasteiger partial charge in [0.15, 0.2) is 14.1 Å². The van der Waals surface area contributed by atoms with Gasteiger partial charge in [-0.15, -0.1) is 0 Å². The highest BCUT2D eigenvalue weighted by molar-refractivity contribution is 6.74. The van der Waals surface area contributed by atoms with E-state index in [-0.39, 0.29) is 23.0 Å². The van der Waals surface area contributed by atoms with E-state index in [1.807, 2.05) is 0 Å². The van der Waals surface area contributed by atoms with Gasteiger partial charge in [-0.2, -0.15) is 0 Å². The Morgan fingerprint density at radius 2 is 1.80 bits per heavy atom. The molecule has 0 aliphatic heterocycles. The first-order chi connectivity index (χ1) is 11.5. The molecule has 1 fully saturated rings. The monoisotopic (exact) mass is 366 g/mol. The molecule has 0 aromatic carbocycles. The van der Waals surface area contributed by atoms with Crippen LogP contribution in [0.3, 0.4) is 0 Å². The van der Waals surface area contributed by atoms with E-state index in [9.17, 15) is 5.11 Å². The molecule has 2 bridgehead atoms. The van der Waals surface area contributed by atoms with Crippen LogP contribution in [0.2, 0.25) is 18.1 Å². The minimum absolute atomic E-state index is 0.0961. The highest BCUT2D eigenvalue weighted by Crippen LogP contribution is 2.59. The lowest BCUT2D eigenvalue weighted by Gasteiger charge is -2.39. The standard InChI is InChI=1S/C20H34O4Si/c1-18(2,3)25(6,7)24-16-10-8-14(12-16)19(21)13-15-9-11-17(19)20(15,22-4)23-5/h8-9,11,15-17,21H,10,12-13H2,1-7H3/t15-,16-,17+,19+/m0/s1. The van der Waals surface area contributed by atoms with E-state index >= 15 is 0 Å². The largest absolute Gasteiger partial charge is 0.413 e. The number of aliphatic hydroxyl groups is 1. The quantitative estimate of drug-likeness (QED) is 0.453. The van der Waals surface area contributed by atoms with E-state index in [0.29, 0.717) is 6.42 Å². The maximum absolute atomic E-state index is 11.5. The van der Waals surface area contributed by atoms with Gasteiger partial charge in [0.25, 0.3) is 0 Å². The Balaban J connectivity index is 1.74. The average Bonchev–Trinajstić information content (AvgIpc) is 3.17. The molecular weight excluding hydrogens is 332 g/mol. The third-order valence-electron chi connectivity index (χ3n) is 7.07. The number of ether oxygens (including phenoxy) is 2. The Morgan fingerprint density at radius 1 is 1.16 bits per heavy atom. The van der Waals surface area contributed by atoms with Gasteiger partial charge in [0, 0.05) is 20.1 Å². The summed E-state index contributed by atoms with van der Waals surface area (Å²) in [5.74, 6) is -0.787. The number of hydrogen-bond acceptors (Lipinski definition) is 4. The first kappa shape index (κ1) is 19.3. The first-order valence-corrected chi connectivity index (χ1v) is 12.3. The molecule has 3 aliphatic carbocycles. The summed E-state index contributed by atoms with van der Waals surface area (Å²) in [5.41, 5.74) is 0.225. The number of hydrogen-bond donors (Lipinski definition) is 1. The van der Waals surface area contributed by atoms with E-state index in [1.54, 1.807) is 14.2 Å². The van der Waals surface area contributed by atoms with E-state index in [1.165, 1.54) is 0 Å². The summed E-state index contributed by atoms with van der Waals surface area (Å²) >= 11 is 0. The summed E-state index contributed by atoms with van der Waals surface area (Å²) in [6, 6.07) is 0. The summed E-state index contributed by atoms with van der Waals surface area (Å²) < 4.78 is 18.1. The lowest BCUT2D eigenvalue weighted by molar-refractivity contribution is -0.238. The smallest absolute Gasteiger partial charge is 0.192 e. The van der Waals surface area contributed by atoms with Crippen molar-refractivity contribution in [2.45, 2.75) is 75.7 Å². The maximum atomic E-state index is 11.5. The molecule has 1 N–H and O–H groups in total. The van der Waals surface area contributed by atoms with Crippen molar-refractivity contribution in [3.8, 4) is 0 Å². The Kier molecular flexibility index (Phi) is 4.65. The summed E-state index contributed by atoms with van der Waals surface area (Å²) in [7, 11) is 1.55. The van der Waals surface area contributed by atoms with Gasteiger partial charge < -0.3 is 19.0 Å². The Bertz CT molecular complexity index is 585. The van der Waals surface area contributed by atoms with Crippen LogP contribution < -0.4 is 0 Å². The molecule has 3 rings (SSSR count). The minimum Gasteiger partial charge on any atom is -0.413 e. The van der Waals surface area contributed by atoms with Crippen LogP contribution in [0.5, 0.6) is 0 Å². The average molecular weight is 367 g/mol. The molecule has 1 saturated carbocycles. The molecule has 0 radical (unpaired) electrons. The van der Waals surface area contributed by atoms with Gasteiger partial charge in [0.05, 0.1) is 17.6 Å². The van der Waals surface area contributed by atoms with Crippen LogP contribution >= 0.6 is 0 Å². The van der Waals surface area contributed by atoms with Gasteiger partial charge in [0.2, 0.25) is 0 Å². The molecule has 25 heavy (non-hydrogen) atoms. The molecule has 0 unspecified atom stereocenters. The fourth-order valence-corrected chi connectivity index (χ4v) is 5.97. The molecule has 5 heteroatoms. The van der Waals surface area contributed by atoms with Crippen molar-refractivity contribution in [2.75, 3.05) is 14.2 Å². The molecule has 4 nitrogen and oxygen atoms in total. The van der Waals surface area contributed by atoms with Crippen LogP contribution in [-0.4, -0.2) is 45.1 Å². The van der Waals surface area contributed by atoms with Crippen molar-refractivity contribution in [3.63, 3.8) is 0 Å². The second-order valence-corrected chi connectivity index (χ2v) is 14.2. The normalized spacial score (nSPS) is 37.0. The predicted octanol–water partition coefficient (Wildman–Crippen LogP) is 4.02. The molecule has 3 aliphatic rings. The van der Waals surface area contributed by atoms with E-state index in [2.05, 4.69) is 52.1 Å². The Morgan fingerprint density at radius 3 is 2.32 bits per heavy atom. The van der Waals surface area contributed by atoms with Crippen molar-refractivity contribution in [3.05, 3.63) is 23.8 Å². The van der Waals surface area contributed by atoms with Gasteiger partial charge in [-0.05, 0) is 43.0 Å². The van der Waals surface area contributed by atoms with Crippen molar-refractivity contribution in [2.24, 2.45) is 11.8 Å². The first-order valence-electron chi connectivity index (χ1n) is 9.38. The van der Waals surface area contributed by atoms with E-state index in [0.717, 1.165) is 18.4 Å². The van der Waals surface area contributed by atoms with Crippen molar-refractivity contribution in [1.29, 1.82) is 0 Å². The van der Waals surface area contributed by atoms with Gasteiger partial charge in [-0.3, -0.25) is 0 Å². The zero-order valence-electron chi connectivity index (χ0n) is 16.8. The number of rotatable bonds is 5. The molecule has 0 amide bonds. The number of fused-ring (bicyclic) bond motifs is 2. The fourth-order valence-electron chi connectivity index (χ4n) is 4.60. The van der Waals surface area contributed by atoms with Crippen LogP contribution in [0.4, 0.5) is 0 Å². The predicted molar refractivity (Wildman–Crippen MR) is 102 cm³/mol. The zero-order chi connectivity index (χ0) is 18.7. The van der Waals surface area contributed by atoms with Crippen LogP contribution in [0.1, 0.15) is 40.0 Å². The topological polar surface area (TPSA) is 47.9 Å². The maximum Gasteiger partial charge on any atom is 0.192 e. The Labute approximate surface area is 153 Å². The molecular formula is C20H34O4Si. The summed E-state index contributed by atoms with van der Waals surface area (Å²) in [4.78, 5) is 0. The molecule has 0 spiro atoms. The SMILES string of the molecule is COC1(OC)[C@H]2C=C[C@@H]1[C@](O)(C1=CC[C@H](O[Si](C)(C)C(C)(C)C)C1)C2. The fraction of sp³-hybridized carbons (Fsp3) is 0.800. The van der Waals surface area contributed by atoms with Gasteiger partial charge in [-0.1, -0.05) is 39.0 Å². The molecule has 0 heterocycles. The molecule has 0 saturated heterocycles. The highest BCUT2D eigenvalue weighted by atomic mass is 28.4. The second kappa shape index (κ2) is 6.03. The lowest BCUT2D eigenvalue weighted by atomic mass is 9.80. The van der Waals surface area contributed by atoms with Crippen molar-refractivity contribution in [1.82, 2.24) is 0 Å². The van der Waals surface area contributed by atoms with E-state index < -0.39 is 19.7 Å². The third-order valence-corrected chi connectivity index (χ3v) is 11.6. The molecule has 0 aromatic heterocycles. The molecule has 4 atom stereocenters. The van der Waals surface area contributed by atoms with Gasteiger partial charge in [0.1, 0.15) is 0 Å². The minimum atomic E-state index is -1.80. The van der Waals surface area contributed by atoms with Crippen LogP contribution in [0.15, 0.2) is 23.8 Å². The van der Waals surface area contributed by atoms with Crippen molar-refractivity contribution < 1.29 is 19.0 Å². The van der Waals surface area contributed by atoms with Crippen molar-refractivity contribution >= 4 is 8.32 Å². The van der Waals surface area contributed by atoms with Crippen LogP contribution in [-0.2, 0) is 13.9 Å². The van der Waals surface area contributed by atoms with E-state index in [4.69, 9.17) is 13.9 Å². The molecule has 0 aromatic rings. The third kappa shape index (κ3) is 2.79. The summed E-state index contributed by atoms with van der Waals surface area (Å²) in [6.45, 7) is 11.4. The number of methoxy groups -OCH3 is 2. The second-order valence-electron chi connectivity index (χ2n) is 9.40. The van der Waals surface area contributed by atoms with Gasteiger partial charge in [-0.25, -0.2) is 0 Å². The lowest BCUT2D eigenvalue weighted by Crippen LogP contribution is -2.46. The molecule has 142 valence electrons. The Hall–Kier alpha value is -0.463. The summed E-state index contributed by atoms with van der Waals surface area (Å²) in [6.07, 6.45) is 8.94. The van der Waals surface area contributed by atoms with Crippen LogP contribution in [0.25, 0.3) is 0 Å². The van der Waals surface area contributed by atoms with Crippen LogP contribution in [0, 0.1) is 11.8 Å². The zero-order valence-corrected chi connectivity index (χ0v) is 17.8. The van der Waals surface area contributed by atoms with Gasteiger partial charge >= 0.3 is 0 Å². The highest BCUT2D eigenvalue weighted by Gasteiger charge is 2.65. The summed E-state index contributed by atoms with van der Waals surface area (Å²) in [5, 5.41) is 11.7.